The van der Waals surface area contributed by atoms with Gasteiger partial charge >= 0.3 is 0 Å². The first-order valence-electron chi connectivity index (χ1n) is 5.72. The number of aromatic nitrogens is 2. The van der Waals surface area contributed by atoms with E-state index in [0.717, 1.165) is 16.2 Å². The molecule has 2 aromatic rings. The summed E-state index contributed by atoms with van der Waals surface area (Å²) in [6.45, 7) is 6.12. The van der Waals surface area contributed by atoms with E-state index in [1.54, 1.807) is 11.8 Å². The highest BCUT2D eigenvalue weighted by molar-refractivity contribution is 7.99. The van der Waals surface area contributed by atoms with Gasteiger partial charge in [-0.3, -0.25) is 0 Å². The fourth-order valence-electron chi connectivity index (χ4n) is 1.41. The Labute approximate surface area is 106 Å². The minimum Gasteiger partial charge on any atom is -0.392 e. The van der Waals surface area contributed by atoms with Crippen molar-refractivity contribution in [1.82, 2.24) is 9.97 Å². The number of fused-ring (bicyclic) bond motifs is 1. The van der Waals surface area contributed by atoms with Crippen LogP contribution in [0.2, 0.25) is 0 Å². The van der Waals surface area contributed by atoms with Gasteiger partial charge in [-0.25, -0.2) is 4.98 Å². The lowest BCUT2D eigenvalue weighted by Gasteiger charge is -2.24. The van der Waals surface area contributed by atoms with E-state index in [1.807, 2.05) is 45.0 Å². The van der Waals surface area contributed by atoms with Crippen molar-refractivity contribution in [1.29, 1.82) is 0 Å². The normalized spacial score (nSPS) is 14.1. The summed E-state index contributed by atoms with van der Waals surface area (Å²) in [4.78, 5) is 7.71. The zero-order valence-electron chi connectivity index (χ0n) is 10.4. The first-order valence-corrected chi connectivity index (χ1v) is 6.71. The Bertz CT molecular complexity index is 468. The second kappa shape index (κ2) is 4.70. The number of nitrogens with zero attached hydrogens (tertiary/aromatic N) is 1. The Morgan fingerprint density at radius 1 is 1.35 bits per heavy atom. The van der Waals surface area contributed by atoms with Crippen LogP contribution in [-0.4, -0.2) is 26.9 Å². The van der Waals surface area contributed by atoms with Crippen molar-refractivity contribution in [3.05, 3.63) is 24.3 Å². The lowest BCUT2D eigenvalue weighted by molar-refractivity contribution is 0.0842. The molecule has 1 aromatic carbocycles. The molecule has 0 bridgehead atoms. The Balaban J connectivity index is 2.04. The summed E-state index contributed by atoms with van der Waals surface area (Å²) < 4.78 is 0. The molecule has 2 N–H and O–H groups in total. The van der Waals surface area contributed by atoms with Crippen LogP contribution in [0, 0.1) is 5.41 Å². The molecule has 0 fully saturated rings. The van der Waals surface area contributed by atoms with Crippen molar-refractivity contribution in [3.8, 4) is 0 Å². The number of rotatable bonds is 3. The molecule has 92 valence electrons. The van der Waals surface area contributed by atoms with E-state index < -0.39 is 0 Å². The van der Waals surface area contributed by atoms with Crippen LogP contribution in [-0.2, 0) is 0 Å². The first kappa shape index (κ1) is 12.5. The zero-order chi connectivity index (χ0) is 12.5. The molecule has 0 unspecified atom stereocenters. The molecule has 0 amide bonds. The molecule has 4 heteroatoms. The van der Waals surface area contributed by atoms with E-state index in [-0.39, 0.29) is 11.5 Å². The predicted octanol–water partition coefficient (Wildman–Crippen LogP) is 3.06. The second-order valence-corrected chi connectivity index (χ2v) is 6.26. The van der Waals surface area contributed by atoms with Gasteiger partial charge in [-0.1, -0.05) is 44.7 Å². The fourth-order valence-corrected chi connectivity index (χ4v) is 2.57. The molecule has 0 spiro atoms. The second-order valence-electron chi connectivity index (χ2n) is 5.25. The first-order chi connectivity index (χ1) is 7.97. The number of hydrogen-bond acceptors (Lipinski definition) is 3. The van der Waals surface area contributed by atoms with Gasteiger partial charge in [0.1, 0.15) is 0 Å². The Kier molecular flexibility index (Phi) is 3.45. The summed E-state index contributed by atoms with van der Waals surface area (Å²) in [6, 6.07) is 7.95. The molecule has 1 aromatic heterocycles. The van der Waals surface area contributed by atoms with Crippen LogP contribution in [0.5, 0.6) is 0 Å². The van der Waals surface area contributed by atoms with E-state index in [4.69, 9.17) is 0 Å². The van der Waals surface area contributed by atoms with E-state index in [1.165, 1.54) is 0 Å². The van der Waals surface area contributed by atoms with Gasteiger partial charge in [-0.05, 0) is 17.5 Å². The van der Waals surface area contributed by atoms with E-state index in [9.17, 15) is 5.11 Å². The molecular weight excluding hydrogens is 232 g/mol. The third-order valence-corrected chi connectivity index (χ3v) is 3.69. The van der Waals surface area contributed by atoms with Gasteiger partial charge in [0, 0.05) is 5.75 Å². The topological polar surface area (TPSA) is 48.9 Å². The number of aliphatic hydroxyl groups is 1. The number of benzene rings is 1. The number of imidazole rings is 1. The van der Waals surface area contributed by atoms with Crippen molar-refractivity contribution in [2.45, 2.75) is 32.0 Å². The molecule has 17 heavy (non-hydrogen) atoms. The molecule has 1 heterocycles. The van der Waals surface area contributed by atoms with Crippen LogP contribution in [0.3, 0.4) is 0 Å². The van der Waals surface area contributed by atoms with Crippen LogP contribution in [0.25, 0.3) is 11.0 Å². The molecule has 3 nitrogen and oxygen atoms in total. The van der Waals surface area contributed by atoms with Crippen molar-refractivity contribution in [3.63, 3.8) is 0 Å². The van der Waals surface area contributed by atoms with Crippen LogP contribution in [0.1, 0.15) is 20.8 Å². The molecular formula is C13H18N2OS. The molecule has 0 aliphatic carbocycles. The number of nitrogens with one attached hydrogen (secondary N) is 1. The van der Waals surface area contributed by atoms with Crippen molar-refractivity contribution in [2.24, 2.45) is 5.41 Å². The molecule has 0 aliphatic heterocycles. The average Bonchev–Trinajstić information content (AvgIpc) is 2.66. The van der Waals surface area contributed by atoms with Gasteiger partial charge in [0.05, 0.1) is 17.1 Å². The lowest BCUT2D eigenvalue weighted by Crippen LogP contribution is -2.28. The van der Waals surface area contributed by atoms with Gasteiger partial charge < -0.3 is 10.1 Å². The van der Waals surface area contributed by atoms with Gasteiger partial charge in [0.15, 0.2) is 5.16 Å². The van der Waals surface area contributed by atoms with Gasteiger partial charge in [-0.2, -0.15) is 0 Å². The van der Waals surface area contributed by atoms with E-state index >= 15 is 0 Å². The summed E-state index contributed by atoms with van der Waals surface area (Å²) in [6.07, 6.45) is -0.333. The van der Waals surface area contributed by atoms with Crippen molar-refractivity contribution < 1.29 is 5.11 Å². The average molecular weight is 250 g/mol. The monoisotopic (exact) mass is 250 g/mol. The largest absolute Gasteiger partial charge is 0.392 e. The minimum atomic E-state index is -0.333. The number of aliphatic hydroxyl groups excluding tert-OH is 1. The number of aromatic amines is 1. The highest BCUT2D eigenvalue weighted by atomic mass is 32.2. The predicted molar refractivity (Wildman–Crippen MR) is 72.3 cm³/mol. The van der Waals surface area contributed by atoms with Gasteiger partial charge in [0.2, 0.25) is 0 Å². The quantitative estimate of drug-likeness (QED) is 0.823. The molecule has 2 rings (SSSR count). The molecule has 0 saturated carbocycles. The van der Waals surface area contributed by atoms with Crippen LogP contribution in [0.4, 0.5) is 0 Å². The number of thioether (sulfide) groups is 1. The minimum absolute atomic E-state index is 0.0843. The van der Waals surface area contributed by atoms with Crippen molar-refractivity contribution >= 4 is 22.8 Å². The van der Waals surface area contributed by atoms with Crippen LogP contribution in [0.15, 0.2) is 29.4 Å². The maximum Gasteiger partial charge on any atom is 0.166 e. The summed E-state index contributed by atoms with van der Waals surface area (Å²) in [5.74, 6) is 0.656. The molecule has 0 aliphatic rings. The maximum absolute atomic E-state index is 9.96. The smallest absolute Gasteiger partial charge is 0.166 e. The zero-order valence-corrected chi connectivity index (χ0v) is 11.2. The highest BCUT2D eigenvalue weighted by Crippen LogP contribution is 2.26. The molecule has 1 atom stereocenters. The van der Waals surface area contributed by atoms with Crippen LogP contribution >= 0.6 is 11.8 Å². The number of para-hydroxylation sites is 2. The SMILES string of the molecule is CC(C)(C)[C@H](O)CSc1nc2ccccc2[nH]1. The number of H-pyrrole nitrogens is 1. The summed E-state index contributed by atoms with van der Waals surface area (Å²) in [7, 11) is 0. The summed E-state index contributed by atoms with van der Waals surface area (Å²) >= 11 is 1.56. The highest BCUT2D eigenvalue weighted by Gasteiger charge is 2.22. The molecule has 0 radical (unpaired) electrons. The summed E-state index contributed by atoms with van der Waals surface area (Å²) in [5, 5.41) is 10.8. The molecule has 0 saturated heterocycles. The Morgan fingerprint density at radius 2 is 2.06 bits per heavy atom. The van der Waals surface area contributed by atoms with Crippen molar-refractivity contribution in [2.75, 3.05) is 5.75 Å². The van der Waals surface area contributed by atoms with Gasteiger partial charge in [0.25, 0.3) is 0 Å². The van der Waals surface area contributed by atoms with Gasteiger partial charge in [-0.15, -0.1) is 0 Å². The fraction of sp³-hybridized carbons (Fsp3) is 0.462. The standard InChI is InChI=1S/C13H18N2OS/c1-13(2,3)11(16)8-17-12-14-9-6-4-5-7-10(9)15-12/h4-7,11,16H,8H2,1-3H3,(H,14,15)/t11-/m1/s1. The Morgan fingerprint density at radius 3 is 2.71 bits per heavy atom. The van der Waals surface area contributed by atoms with E-state index in [0.29, 0.717) is 5.75 Å². The third kappa shape index (κ3) is 3.01. The maximum atomic E-state index is 9.96. The summed E-state index contributed by atoms with van der Waals surface area (Å²) in [5.41, 5.74) is 1.93. The lowest BCUT2D eigenvalue weighted by atomic mass is 9.90. The number of hydrogen-bond donors (Lipinski definition) is 2. The Hall–Kier alpha value is -1.00. The van der Waals surface area contributed by atoms with Crippen LogP contribution < -0.4 is 0 Å². The third-order valence-electron chi connectivity index (χ3n) is 2.75. The van der Waals surface area contributed by atoms with E-state index in [2.05, 4.69) is 9.97 Å².